The molecule has 0 radical (unpaired) electrons. The van der Waals surface area contributed by atoms with E-state index in [1.54, 1.807) is 0 Å². The predicted octanol–water partition coefficient (Wildman–Crippen LogP) is 11.4. The van der Waals surface area contributed by atoms with Crippen molar-refractivity contribution in [3.63, 3.8) is 0 Å². The van der Waals surface area contributed by atoms with Gasteiger partial charge in [-0.1, -0.05) is 109 Å². The van der Waals surface area contributed by atoms with Crippen molar-refractivity contribution in [1.82, 2.24) is 15.0 Å². The molecule has 0 fully saturated rings. The zero-order chi connectivity index (χ0) is 30.9. The van der Waals surface area contributed by atoms with Gasteiger partial charge in [-0.15, -0.1) is 0 Å². The van der Waals surface area contributed by atoms with Crippen LogP contribution in [0.15, 0.2) is 156 Å². The molecule has 4 heterocycles. The highest BCUT2D eigenvalue weighted by molar-refractivity contribution is 6.32. The second-order valence-electron chi connectivity index (χ2n) is 12.0. The van der Waals surface area contributed by atoms with Crippen LogP contribution >= 0.6 is 0 Å². The second kappa shape index (κ2) is 10.1. The van der Waals surface area contributed by atoms with Crippen LogP contribution < -0.4 is 0 Å². The number of fused-ring (bicyclic) bond motifs is 11. The lowest BCUT2D eigenvalue weighted by molar-refractivity contribution is 0.670. The van der Waals surface area contributed by atoms with E-state index in [-0.39, 0.29) is 0 Å². The maximum atomic E-state index is 6.38. The van der Waals surface area contributed by atoms with Crippen LogP contribution in [0.4, 0.5) is 0 Å². The highest BCUT2D eigenvalue weighted by Gasteiger charge is 2.19. The van der Waals surface area contributed by atoms with Gasteiger partial charge in [0.25, 0.3) is 0 Å². The fraction of sp³-hybridized carbons (Fsp3) is 0. The van der Waals surface area contributed by atoms with E-state index >= 15 is 0 Å². The highest BCUT2D eigenvalue weighted by Crippen LogP contribution is 2.43. The first-order valence-electron chi connectivity index (χ1n) is 15.8. The van der Waals surface area contributed by atoms with Crippen LogP contribution in [0.1, 0.15) is 0 Å². The smallest absolute Gasteiger partial charge is 0.143 e. The van der Waals surface area contributed by atoms with Crippen molar-refractivity contribution in [3.05, 3.63) is 152 Å². The molecule has 47 heavy (non-hydrogen) atoms. The van der Waals surface area contributed by atoms with Gasteiger partial charge in [0.1, 0.15) is 11.2 Å². The van der Waals surface area contributed by atoms with E-state index in [4.69, 9.17) is 19.4 Å². The van der Waals surface area contributed by atoms with Crippen LogP contribution in [0.2, 0.25) is 0 Å². The van der Waals surface area contributed by atoms with Gasteiger partial charge in [0, 0.05) is 61.2 Å². The predicted molar refractivity (Wildman–Crippen MR) is 193 cm³/mol. The quantitative estimate of drug-likeness (QED) is 0.190. The highest BCUT2D eigenvalue weighted by atomic mass is 16.3. The third kappa shape index (κ3) is 3.92. The summed E-state index contributed by atoms with van der Waals surface area (Å²) >= 11 is 0. The van der Waals surface area contributed by atoms with Crippen molar-refractivity contribution in [3.8, 4) is 33.5 Å². The molecule has 0 saturated heterocycles. The zero-order valence-corrected chi connectivity index (χ0v) is 25.2. The lowest BCUT2D eigenvalue weighted by atomic mass is 9.92. The minimum atomic E-state index is 0.891. The Morgan fingerprint density at radius 2 is 1.09 bits per heavy atom. The number of rotatable bonds is 3. The molecule has 0 aliphatic carbocycles. The number of hydrogen-bond acceptors (Lipinski definition) is 4. The van der Waals surface area contributed by atoms with Crippen LogP contribution in [-0.2, 0) is 0 Å². The third-order valence-corrected chi connectivity index (χ3v) is 9.32. The minimum absolute atomic E-state index is 0.891. The molecule has 6 aromatic carbocycles. The Labute approximate surface area is 269 Å². The number of furan rings is 1. The first-order chi connectivity index (χ1) is 23.3. The van der Waals surface area contributed by atoms with Crippen molar-refractivity contribution in [1.29, 1.82) is 0 Å². The fourth-order valence-corrected chi connectivity index (χ4v) is 7.22. The molecule has 0 saturated carbocycles. The molecule has 0 N–H and O–H groups in total. The first kappa shape index (κ1) is 25.9. The van der Waals surface area contributed by atoms with Crippen molar-refractivity contribution < 1.29 is 4.42 Å². The van der Waals surface area contributed by atoms with Crippen LogP contribution in [0, 0.1) is 0 Å². The molecule has 0 unspecified atom stereocenters. The van der Waals surface area contributed by atoms with Gasteiger partial charge in [-0.3, -0.25) is 9.97 Å². The number of pyridine rings is 3. The van der Waals surface area contributed by atoms with Crippen molar-refractivity contribution in [2.24, 2.45) is 0 Å². The average molecular weight is 600 g/mol. The lowest BCUT2D eigenvalue weighted by Crippen LogP contribution is -1.95. The number of hydrogen-bond donors (Lipinski definition) is 0. The number of para-hydroxylation sites is 2. The first-order valence-corrected chi connectivity index (χ1v) is 15.8. The number of benzene rings is 6. The van der Waals surface area contributed by atoms with Gasteiger partial charge in [0.2, 0.25) is 0 Å². The molecule has 0 amide bonds. The standard InChI is InChI=1S/C43H25N3O/c1-2-10-26(11-3-1)40-39-35-18-9-23-45-42(35)41-34(17-8-22-44-41)38(39)33-21-20-28(25-36(33)46-40)27-12-6-13-29(24-27)30-15-7-16-32-31-14-4-5-19-37(31)47-43(30)32/h1-25H. The van der Waals surface area contributed by atoms with Gasteiger partial charge in [-0.25, -0.2) is 4.98 Å². The zero-order valence-electron chi connectivity index (χ0n) is 25.2. The van der Waals surface area contributed by atoms with E-state index in [0.717, 1.165) is 98.9 Å². The van der Waals surface area contributed by atoms with E-state index in [9.17, 15) is 0 Å². The Balaban J connectivity index is 1.23. The summed E-state index contributed by atoms with van der Waals surface area (Å²) in [5, 5.41) is 7.73. The van der Waals surface area contributed by atoms with Crippen LogP contribution in [0.25, 0.3) is 98.9 Å². The average Bonchev–Trinajstić information content (AvgIpc) is 3.53. The Hall–Kier alpha value is -6.39. The molecule has 0 bridgehead atoms. The summed E-state index contributed by atoms with van der Waals surface area (Å²) in [6.45, 7) is 0. The van der Waals surface area contributed by atoms with Gasteiger partial charge in [0.15, 0.2) is 0 Å². The molecule has 0 atom stereocenters. The van der Waals surface area contributed by atoms with Gasteiger partial charge in [-0.2, -0.15) is 0 Å². The number of aromatic nitrogens is 3. The van der Waals surface area contributed by atoms with E-state index in [2.05, 4.69) is 109 Å². The monoisotopic (exact) mass is 599 g/mol. The van der Waals surface area contributed by atoms with Crippen LogP contribution in [-0.4, -0.2) is 15.0 Å². The molecule has 218 valence electrons. The molecule has 0 aliphatic rings. The summed E-state index contributed by atoms with van der Waals surface area (Å²) in [5.41, 5.74) is 11.0. The molecule has 10 aromatic rings. The Kier molecular flexibility index (Phi) is 5.54. The van der Waals surface area contributed by atoms with E-state index in [1.165, 1.54) is 0 Å². The fourth-order valence-electron chi connectivity index (χ4n) is 7.22. The van der Waals surface area contributed by atoms with Gasteiger partial charge in [-0.05, 0) is 47.0 Å². The second-order valence-corrected chi connectivity index (χ2v) is 12.0. The number of nitrogens with zero attached hydrogens (tertiary/aromatic N) is 3. The third-order valence-electron chi connectivity index (χ3n) is 9.32. The SMILES string of the molecule is c1ccc(-c2nc3cc(-c4cccc(-c5cccc6c5oc5ccccc56)c4)ccc3c3c4cccnc4c4ncccc4c23)cc1. The molecule has 10 rings (SSSR count). The van der Waals surface area contributed by atoms with Crippen LogP contribution in [0.3, 0.4) is 0 Å². The molecule has 0 spiro atoms. The summed E-state index contributed by atoms with van der Waals surface area (Å²) < 4.78 is 6.38. The van der Waals surface area contributed by atoms with E-state index in [0.29, 0.717) is 0 Å². The Morgan fingerprint density at radius 3 is 1.94 bits per heavy atom. The van der Waals surface area contributed by atoms with Gasteiger partial charge < -0.3 is 4.42 Å². The maximum Gasteiger partial charge on any atom is 0.143 e. The molecule has 0 aliphatic heterocycles. The lowest BCUT2D eigenvalue weighted by Gasteiger charge is -2.16. The summed E-state index contributed by atoms with van der Waals surface area (Å²) in [5.74, 6) is 0. The molecule has 4 nitrogen and oxygen atoms in total. The van der Waals surface area contributed by atoms with Gasteiger partial charge >= 0.3 is 0 Å². The van der Waals surface area contributed by atoms with Crippen molar-refractivity contribution in [2.45, 2.75) is 0 Å². The van der Waals surface area contributed by atoms with E-state index in [1.807, 2.05) is 42.7 Å². The maximum absolute atomic E-state index is 6.38. The topological polar surface area (TPSA) is 51.8 Å². The van der Waals surface area contributed by atoms with Crippen LogP contribution in [0.5, 0.6) is 0 Å². The Morgan fingerprint density at radius 1 is 0.426 bits per heavy atom. The molecular weight excluding hydrogens is 574 g/mol. The van der Waals surface area contributed by atoms with E-state index < -0.39 is 0 Å². The molecule has 4 heteroatoms. The summed E-state index contributed by atoms with van der Waals surface area (Å²) in [6.07, 6.45) is 3.69. The molecule has 4 aromatic heterocycles. The largest absolute Gasteiger partial charge is 0.455 e. The molecular formula is C43H25N3O. The van der Waals surface area contributed by atoms with Gasteiger partial charge in [0.05, 0.1) is 22.2 Å². The van der Waals surface area contributed by atoms with Crippen molar-refractivity contribution in [2.75, 3.05) is 0 Å². The minimum Gasteiger partial charge on any atom is -0.455 e. The summed E-state index contributed by atoms with van der Waals surface area (Å²) in [4.78, 5) is 15.0. The summed E-state index contributed by atoms with van der Waals surface area (Å²) in [7, 11) is 0. The van der Waals surface area contributed by atoms with Crippen molar-refractivity contribution >= 4 is 65.4 Å². The summed E-state index contributed by atoms with van der Waals surface area (Å²) in [6, 6.07) is 48.7. The normalized spacial score (nSPS) is 11.8. The Bertz CT molecular complexity index is 2850.